The molecule has 1 aromatic carbocycles. The van der Waals surface area contributed by atoms with Crippen LogP contribution in [-0.2, 0) is 28.6 Å². The molecule has 0 unspecified atom stereocenters. The van der Waals surface area contributed by atoms with Gasteiger partial charge in [0.2, 0.25) is 0 Å². The van der Waals surface area contributed by atoms with Gasteiger partial charge in [0.25, 0.3) is 0 Å². The van der Waals surface area contributed by atoms with Gasteiger partial charge in [-0.25, -0.2) is 14.4 Å². The van der Waals surface area contributed by atoms with Crippen molar-refractivity contribution < 1.29 is 28.6 Å². The summed E-state index contributed by atoms with van der Waals surface area (Å²) in [6, 6.07) is 8.24. The largest absolute Gasteiger partial charge is 0.467 e. The summed E-state index contributed by atoms with van der Waals surface area (Å²) in [4.78, 5) is 37.0. The van der Waals surface area contributed by atoms with Gasteiger partial charge in [-0.15, -0.1) is 0 Å². The third-order valence-electron chi connectivity index (χ3n) is 4.01. The van der Waals surface area contributed by atoms with Crippen LogP contribution in [0.4, 0.5) is 0 Å². The van der Waals surface area contributed by atoms with E-state index in [0.29, 0.717) is 5.56 Å². The number of ether oxygens (including phenoxy) is 3. The van der Waals surface area contributed by atoms with Crippen LogP contribution in [0.25, 0.3) is 0 Å². The average Bonchev–Trinajstić information content (AvgIpc) is 2.95. The molecule has 0 amide bonds. The molecule has 0 aromatic heterocycles. The van der Waals surface area contributed by atoms with E-state index >= 15 is 0 Å². The van der Waals surface area contributed by atoms with E-state index < -0.39 is 29.5 Å². The number of methoxy groups -OCH3 is 3. The zero-order valence-electron chi connectivity index (χ0n) is 13.9. The minimum Gasteiger partial charge on any atom is -0.467 e. The summed E-state index contributed by atoms with van der Waals surface area (Å²) < 4.78 is 14.4. The summed E-state index contributed by atoms with van der Waals surface area (Å²) >= 11 is 0. The molecule has 0 aliphatic carbocycles. The summed E-state index contributed by atoms with van der Waals surface area (Å²) in [5, 5.41) is 3.01. The van der Waals surface area contributed by atoms with Crippen molar-refractivity contribution in [2.24, 2.45) is 0 Å². The fourth-order valence-corrected chi connectivity index (χ4v) is 2.85. The van der Waals surface area contributed by atoms with Crippen molar-refractivity contribution >= 4 is 17.9 Å². The highest BCUT2D eigenvalue weighted by Crippen LogP contribution is 2.40. The van der Waals surface area contributed by atoms with Crippen LogP contribution in [0.5, 0.6) is 0 Å². The molecule has 1 heterocycles. The summed E-state index contributed by atoms with van der Waals surface area (Å²) in [7, 11) is 3.59. The SMILES string of the molecule is COC(=O)C1=C(C(=O)OC)[C@@](C)(C(=O)OC)N[C@H]1c1ccccc1. The van der Waals surface area contributed by atoms with Crippen LogP contribution in [0.1, 0.15) is 18.5 Å². The lowest BCUT2D eigenvalue weighted by Crippen LogP contribution is -2.50. The number of hydrogen-bond acceptors (Lipinski definition) is 7. The van der Waals surface area contributed by atoms with Crippen LogP contribution in [0.3, 0.4) is 0 Å². The average molecular weight is 333 g/mol. The maximum Gasteiger partial charge on any atom is 0.336 e. The van der Waals surface area contributed by atoms with Crippen molar-refractivity contribution in [2.45, 2.75) is 18.5 Å². The van der Waals surface area contributed by atoms with Gasteiger partial charge in [0.1, 0.15) is 5.54 Å². The second kappa shape index (κ2) is 6.84. The quantitative estimate of drug-likeness (QED) is 0.647. The Morgan fingerprint density at radius 2 is 1.54 bits per heavy atom. The predicted molar refractivity (Wildman–Crippen MR) is 83.8 cm³/mol. The second-order valence-electron chi connectivity index (χ2n) is 5.38. The zero-order chi connectivity index (χ0) is 17.9. The van der Waals surface area contributed by atoms with E-state index in [1.165, 1.54) is 28.3 Å². The molecule has 128 valence electrons. The third kappa shape index (κ3) is 2.78. The van der Waals surface area contributed by atoms with Gasteiger partial charge in [0.15, 0.2) is 0 Å². The Balaban J connectivity index is 2.71. The van der Waals surface area contributed by atoms with E-state index in [0.717, 1.165) is 0 Å². The lowest BCUT2D eigenvalue weighted by atomic mass is 9.90. The molecule has 1 aliphatic heterocycles. The highest BCUT2D eigenvalue weighted by Gasteiger charge is 2.54. The number of esters is 3. The Morgan fingerprint density at radius 3 is 2.04 bits per heavy atom. The molecule has 1 aliphatic rings. The Hall–Kier alpha value is -2.67. The number of carbonyl (C=O) groups excluding carboxylic acids is 3. The molecule has 0 spiro atoms. The van der Waals surface area contributed by atoms with Crippen molar-refractivity contribution in [1.82, 2.24) is 5.32 Å². The second-order valence-corrected chi connectivity index (χ2v) is 5.38. The monoisotopic (exact) mass is 333 g/mol. The number of nitrogens with one attached hydrogen (secondary N) is 1. The maximum absolute atomic E-state index is 12.3. The molecule has 0 saturated carbocycles. The van der Waals surface area contributed by atoms with E-state index in [1.807, 2.05) is 6.07 Å². The normalized spacial score (nSPS) is 22.9. The van der Waals surface area contributed by atoms with Gasteiger partial charge >= 0.3 is 17.9 Å². The molecule has 7 nitrogen and oxygen atoms in total. The topological polar surface area (TPSA) is 90.9 Å². The van der Waals surface area contributed by atoms with Crippen LogP contribution in [0.2, 0.25) is 0 Å². The van der Waals surface area contributed by atoms with Crippen LogP contribution in [-0.4, -0.2) is 44.8 Å². The Bertz CT molecular complexity index is 696. The number of hydrogen-bond donors (Lipinski definition) is 1. The molecule has 1 aromatic rings. The molecule has 0 bridgehead atoms. The van der Waals surface area contributed by atoms with E-state index in [4.69, 9.17) is 14.2 Å². The van der Waals surface area contributed by atoms with Crippen molar-refractivity contribution in [1.29, 1.82) is 0 Å². The summed E-state index contributed by atoms with van der Waals surface area (Å²) in [5.41, 5.74) is -0.917. The van der Waals surface area contributed by atoms with Gasteiger partial charge in [0, 0.05) is 0 Å². The fourth-order valence-electron chi connectivity index (χ4n) is 2.85. The van der Waals surface area contributed by atoms with Crippen molar-refractivity contribution in [3.05, 3.63) is 47.0 Å². The maximum atomic E-state index is 12.3. The first-order valence-electron chi connectivity index (χ1n) is 7.23. The smallest absolute Gasteiger partial charge is 0.336 e. The first kappa shape index (κ1) is 17.7. The molecule has 7 heteroatoms. The molecular weight excluding hydrogens is 314 g/mol. The molecule has 1 N–H and O–H groups in total. The van der Waals surface area contributed by atoms with Crippen LogP contribution < -0.4 is 5.32 Å². The summed E-state index contributed by atoms with van der Waals surface area (Å²) in [5.74, 6) is -2.22. The van der Waals surface area contributed by atoms with Gasteiger partial charge in [-0.1, -0.05) is 30.3 Å². The fraction of sp³-hybridized carbons (Fsp3) is 0.353. The van der Waals surface area contributed by atoms with E-state index in [9.17, 15) is 14.4 Å². The minimum absolute atomic E-state index is 0.0310. The van der Waals surface area contributed by atoms with E-state index in [2.05, 4.69) is 5.32 Å². The molecule has 0 radical (unpaired) electrons. The molecule has 2 atom stereocenters. The Morgan fingerprint density at radius 1 is 0.958 bits per heavy atom. The number of rotatable bonds is 4. The van der Waals surface area contributed by atoms with Crippen molar-refractivity contribution in [3.63, 3.8) is 0 Å². The van der Waals surface area contributed by atoms with Gasteiger partial charge in [-0.2, -0.15) is 0 Å². The first-order chi connectivity index (χ1) is 11.4. The number of carbonyl (C=O) groups is 3. The predicted octanol–water partition coefficient (Wildman–Crippen LogP) is 0.905. The summed E-state index contributed by atoms with van der Waals surface area (Å²) in [6.45, 7) is 1.47. The van der Waals surface area contributed by atoms with E-state index in [-0.39, 0.29) is 11.1 Å². The van der Waals surface area contributed by atoms with Crippen molar-refractivity contribution in [2.75, 3.05) is 21.3 Å². The highest BCUT2D eigenvalue weighted by molar-refractivity contribution is 6.09. The first-order valence-corrected chi connectivity index (χ1v) is 7.23. The van der Waals surface area contributed by atoms with Crippen molar-refractivity contribution in [3.8, 4) is 0 Å². The minimum atomic E-state index is -1.54. The zero-order valence-corrected chi connectivity index (χ0v) is 13.9. The number of benzene rings is 1. The van der Waals surface area contributed by atoms with Gasteiger partial charge < -0.3 is 14.2 Å². The van der Waals surface area contributed by atoms with Gasteiger partial charge in [-0.05, 0) is 12.5 Å². The Labute approximate surface area is 139 Å². The molecular formula is C17H19NO6. The molecule has 0 fully saturated rings. The van der Waals surface area contributed by atoms with Crippen LogP contribution in [0, 0.1) is 0 Å². The van der Waals surface area contributed by atoms with E-state index in [1.54, 1.807) is 24.3 Å². The molecule has 2 rings (SSSR count). The standard InChI is InChI=1S/C17H19NO6/c1-17(16(21)24-4)12(15(20)23-3)11(14(19)22-2)13(18-17)10-8-6-5-7-9-10/h5-9,13,18H,1-4H3/t13-,17-/m0/s1. The van der Waals surface area contributed by atoms with Crippen LogP contribution >= 0.6 is 0 Å². The highest BCUT2D eigenvalue weighted by atomic mass is 16.5. The molecule has 0 saturated heterocycles. The van der Waals surface area contributed by atoms with Crippen LogP contribution in [0.15, 0.2) is 41.5 Å². The van der Waals surface area contributed by atoms with Gasteiger partial charge in [0.05, 0.1) is 38.5 Å². The third-order valence-corrected chi connectivity index (χ3v) is 4.01. The lowest BCUT2D eigenvalue weighted by Gasteiger charge is -2.25. The Kier molecular flexibility index (Phi) is 5.04. The molecule has 24 heavy (non-hydrogen) atoms. The lowest BCUT2D eigenvalue weighted by molar-refractivity contribution is -0.149. The summed E-state index contributed by atoms with van der Waals surface area (Å²) in [6.07, 6.45) is 0. The van der Waals surface area contributed by atoms with Gasteiger partial charge in [-0.3, -0.25) is 5.32 Å².